The van der Waals surface area contributed by atoms with Gasteiger partial charge in [-0.15, -0.1) is 0 Å². The highest BCUT2D eigenvalue weighted by atomic mass is 35.5. The zero-order valence-corrected chi connectivity index (χ0v) is 23.1. The van der Waals surface area contributed by atoms with Crippen LogP contribution in [-0.4, -0.2) is 93.0 Å². The van der Waals surface area contributed by atoms with Gasteiger partial charge in [0, 0.05) is 55.2 Å². The summed E-state index contributed by atoms with van der Waals surface area (Å²) in [5.41, 5.74) is 0.676. The molecule has 2 heterocycles. The van der Waals surface area contributed by atoms with E-state index in [9.17, 15) is 19.6 Å². The molecule has 11 heteroatoms. The van der Waals surface area contributed by atoms with Crippen LogP contribution >= 0.6 is 23.2 Å². The average Bonchev–Trinajstić information content (AvgIpc) is 3.23. The van der Waals surface area contributed by atoms with Gasteiger partial charge in [0.1, 0.15) is 0 Å². The number of likely N-dealkylation sites (tertiary alicyclic amines) is 1. The Balaban J connectivity index is 1.74. The number of halogens is 2. The normalized spacial score (nSPS) is 21.5. The fraction of sp³-hybridized carbons (Fsp3) is 0.407. The highest BCUT2D eigenvalue weighted by Gasteiger charge is 2.57. The quantitative estimate of drug-likeness (QED) is 0.526. The lowest BCUT2D eigenvalue weighted by Crippen LogP contribution is -2.46. The maximum absolute atomic E-state index is 14.2. The summed E-state index contributed by atoms with van der Waals surface area (Å²) in [4.78, 5) is 47.3. The summed E-state index contributed by atoms with van der Waals surface area (Å²) in [7, 11) is 5.55. The zero-order chi connectivity index (χ0) is 27.6. The molecule has 0 spiro atoms. The number of nitrogens with zero attached hydrogens (tertiary/aromatic N) is 5. The molecule has 2 atom stereocenters. The van der Waals surface area contributed by atoms with Crippen molar-refractivity contribution in [3.63, 3.8) is 0 Å². The third-order valence-electron chi connectivity index (χ3n) is 7.16. The monoisotopic (exact) mass is 556 g/mol. The molecule has 2 saturated heterocycles. The molecule has 0 aliphatic carbocycles. The third-order valence-corrected chi connectivity index (χ3v) is 7.59. The Bertz CT molecular complexity index is 1260. The Hall–Kier alpha value is -3.16. The summed E-state index contributed by atoms with van der Waals surface area (Å²) in [6, 6.07) is 13.2. The van der Waals surface area contributed by atoms with Crippen molar-refractivity contribution in [3.8, 4) is 6.07 Å². The number of fused-ring (bicyclic) bond motifs is 1. The number of anilines is 1. The van der Waals surface area contributed by atoms with Gasteiger partial charge in [0.25, 0.3) is 0 Å². The average molecular weight is 557 g/mol. The van der Waals surface area contributed by atoms with E-state index in [2.05, 4.69) is 11.4 Å². The van der Waals surface area contributed by atoms with Crippen molar-refractivity contribution in [3.05, 3.63) is 63.6 Å². The van der Waals surface area contributed by atoms with Crippen molar-refractivity contribution < 1.29 is 14.4 Å². The van der Waals surface area contributed by atoms with E-state index >= 15 is 0 Å². The molecule has 2 aromatic carbocycles. The number of carbonyl (C=O) groups excluding carboxylic acids is 3. The van der Waals surface area contributed by atoms with Crippen molar-refractivity contribution >= 4 is 46.7 Å². The molecule has 0 aromatic heterocycles. The third kappa shape index (κ3) is 5.49. The van der Waals surface area contributed by atoms with Crippen LogP contribution in [0.2, 0.25) is 10.0 Å². The van der Waals surface area contributed by atoms with E-state index in [-0.39, 0.29) is 37.8 Å². The molecule has 2 aliphatic rings. The van der Waals surface area contributed by atoms with Crippen molar-refractivity contribution in [2.45, 2.75) is 5.41 Å². The molecule has 0 bridgehead atoms. The van der Waals surface area contributed by atoms with Crippen LogP contribution in [-0.2, 0) is 15.0 Å². The van der Waals surface area contributed by atoms with Crippen LogP contribution < -0.4 is 10.2 Å². The van der Waals surface area contributed by atoms with E-state index in [0.717, 1.165) is 17.0 Å². The second-order valence-electron chi connectivity index (χ2n) is 10.1. The molecule has 0 radical (unpaired) electrons. The molecular weight excluding hydrogens is 527 g/mol. The van der Waals surface area contributed by atoms with Gasteiger partial charge in [-0.3, -0.25) is 9.59 Å². The molecule has 2 fully saturated rings. The first kappa shape index (κ1) is 27.9. The predicted molar refractivity (Wildman–Crippen MR) is 146 cm³/mol. The van der Waals surface area contributed by atoms with Gasteiger partial charge in [0.05, 0.1) is 29.8 Å². The minimum Gasteiger partial charge on any atom is -0.340 e. The van der Waals surface area contributed by atoms with Gasteiger partial charge < -0.3 is 20.0 Å². The van der Waals surface area contributed by atoms with Gasteiger partial charge in [-0.05, 0) is 50.0 Å². The lowest BCUT2D eigenvalue weighted by molar-refractivity contribution is -0.129. The standard InChI is InChI=1S/C27H30Cl2N6O3/c1-32(2)9-8-31-14-24(36)34-15-23-25(37)35(22-11-20(28)10-21(29)12-22)26(38)33(3)16-27(23,17-34)19-6-4-18(13-30)5-7-19/h4-7,10-12,23,31H,8-9,14-17H2,1-3H3/t23-,27-/m0/s1. The number of carbonyl (C=O) groups is 3. The molecule has 4 amide bonds. The Morgan fingerprint density at radius 1 is 1.13 bits per heavy atom. The summed E-state index contributed by atoms with van der Waals surface area (Å²) in [5, 5.41) is 13.1. The lowest BCUT2D eigenvalue weighted by Gasteiger charge is -2.34. The fourth-order valence-electron chi connectivity index (χ4n) is 5.26. The number of amides is 4. The van der Waals surface area contributed by atoms with E-state index in [4.69, 9.17) is 23.2 Å². The first-order chi connectivity index (χ1) is 18.1. The Morgan fingerprint density at radius 3 is 2.39 bits per heavy atom. The molecule has 200 valence electrons. The maximum atomic E-state index is 14.2. The Morgan fingerprint density at radius 2 is 1.79 bits per heavy atom. The van der Waals surface area contributed by atoms with Crippen molar-refractivity contribution in [2.24, 2.45) is 5.92 Å². The van der Waals surface area contributed by atoms with Crippen LogP contribution in [0.15, 0.2) is 42.5 Å². The number of imide groups is 1. The number of benzene rings is 2. The van der Waals surface area contributed by atoms with Crippen LogP contribution in [0.5, 0.6) is 0 Å². The van der Waals surface area contributed by atoms with E-state index < -0.39 is 23.3 Å². The number of hydrogen-bond acceptors (Lipinski definition) is 6. The minimum atomic E-state index is -0.869. The number of rotatable bonds is 7. The number of urea groups is 1. The van der Waals surface area contributed by atoms with E-state index in [1.165, 1.54) is 23.1 Å². The molecule has 0 unspecified atom stereocenters. The minimum absolute atomic E-state index is 0.121. The second kappa shape index (κ2) is 11.3. The van der Waals surface area contributed by atoms with E-state index in [1.54, 1.807) is 24.1 Å². The lowest BCUT2D eigenvalue weighted by atomic mass is 9.71. The molecular formula is C27H30Cl2N6O3. The first-order valence-electron chi connectivity index (χ1n) is 12.2. The van der Waals surface area contributed by atoms with Gasteiger partial charge in [-0.1, -0.05) is 35.3 Å². The fourth-order valence-corrected chi connectivity index (χ4v) is 5.78. The molecule has 0 saturated carbocycles. The van der Waals surface area contributed by atoms with Gasteiger partial charge in [-0.25, -0.2) is 9.69 Å². The highest BCUT2D eigenvalue weighted by molar-refractivity contribution is 6.35. The Kier molecular flexibility index (Phi) is 8.28. The molecule has 2 aliphatic heterocycles. The van der Waals surface area contributed by atoms with Gasteiger partial charge in [-0.2, -0.15) is 5.26 Å². The zero-order valence-electron chi connectivity index (χ0n) is 21.6. The summed E-state index contributed by atoms with van der Waals surface area (Å²) in [6.45, 7) is 2.19. The second-order valence-corrected chi connectivity index (χ2v) is 11.0. The predicted octanol–water partition coefficient (Wildman–Crippen LogP) is 2.81. The van der Waals surface area contributed by atoms with Crippen LogP contribution in [0.4, 0.5) is 10.5 Å². The van der Waals surface area contributed by atoms with Crippen molar-refractivity contribution in [2.75, 3.05) is 65.3 Å². The molecule has 38 heavy (non-hydrogen) atoms. The Labute approximate surface area is 232 Å². The molecule has 4 rings (SSSR count). The van der Waals surface area contributed by atoms with Crippen molar-refractivity contribution in [1.82, 2.24) is 20.0 Å². The largest absolute Gasteiger partial charge is 0.340 e. The number of hydrogen-bond donors (Lipinski definition) is 1. The molecule has 9 nitrogen and oxygen atoms in total. The maximum Gasteiger partial charge on any atom is 0.331 e. The van der Waals surface area contributed by atoms with E-state index in [0.29, 0.717) is 22.2 Å². The summed E-state index contributed by atoms with van der Waals surface area (Å²) >= 11 is 12.4. The van der Waals surface area contributed by atoms with Gasteiger partial charge in [0.2, 0.25) is 11.8 Å². The smallest absolute Gasteiger partial charge is 0.331 e. The summed E-state index contributed by atoms with van der Waals surface area (Å²) in [5.74, 6) is -1.27. The van der Waals surface area contributed by atoms with Crippen LogP contribution in [0.3, 0.4) is 0 Å². The van der Waals surface area contributed by atoms with Crippen LogP contribution in [0, 0.1) is 17.2 Å². The highest BCUT2D eigenvalue weighted by Crippen LogP contribution is 2.44. The molecule has 2 aromatic rings. The van der Waals surface area contributed by atoms with Gasteiger partial charge >= 0.3 is 6.03 Å². The number of nitriles is 1. The summed E-state index contributed by atoms with van der Waals surface area (Å²) in [6.07, 6.45) is 0. The van der Waals surface area contributed by atoms with Crippen molar-refractivity contribution in [1.29, 1.82) is 5.26 Å². The van der Waals surface area contributed by atoms with Crippen LogP contribution in [0.1, 0.15) is 11.1 Å². The number of nitrogens with one attached hydrogen (secondary N) is 1. The molecule has 1 N–H and O–H groups in total. The van der Waals surface area contributed by atoms with Gasteiger partial charge in [0.15, 0.2) is 0 Å². The first-order valence-corrected chi connectivity index (χ1v) is 13.0. The SMILES string of the molecule is CN(C)CCNCC(=O)N1C[C@H]2C(=O)N(c3cc(Cl)cc(Cl)c3)C(=O)N(C)C[C@@]2(c2ccc(C#N)cc2)C1. The topological polar surface area (TPSA) is 100.0 Å². The van der Waals surface area contributed by atoms with Crippen LogP contribution in [0.25, 0.3) is 0 Å². The summed E-state index contributed by atoms with van der Waals surface area (Å²) < 4.78 is 0. The van der Waals surface area contributed by atoms with E-state index in [1.807, 2.05) is 31.1 Å². The number of likely N-dealkylation sites (N-methyl/N-ethyl adjacent to an activating group) is 2.